The van der Waals surface area contributed by atoms with E-state index >= 15 is 0 Å². The van der Waals surface area contributed by atoms with Crippen LogP contribution in [0.3, 0.4) is 0 Å². The molecule has 0 bridgehead atoms. The number of hydrogen-bond acceptors (Lipinski definition) is 1. The van der Waals surface area contributed by atoms with Crippen LogP contribution in [0.15, 0.2) is 0 Å². The molecule has 1 N–H and O–H groups in total. The van der Waals surface area contributed by atoms with Crippen LogP contribution in [0.25, 0.3) is 0 Å². The molecule has 1 unspecified atom stereocenters. The van der Waals surface area contributed by atoms with E-state index in [4.69, 9.17) is 0 Å². The minimum absolute atomic E-state index is 0.743. The Hall–Kier alpha value is -0.0400. The van der Waals surface area contributed by atoms with E-state index < -0.39 is 0 Å². The van der Waals surface area contributed by atoms with Gasteiger partial charge in [0.25, 0.3) is 0 Å². The summed E-state index contributed by atoms with van der Waals surface area (Å²) in [5.74, 6) is 0.802. The average Bonchev–Trinajstić information content (AvgIpc) is 2.17. The van der Waals surface area contributed by atoms with E-state index in [0.717, 1.165) is 17.4 Å². The van der Waals surface area contributed by atoms with Crippen LogP contribution in [0.2, 0.25) is 0 Å². The Morgan fingerprint density at radius 1 is 1.14 bits per heavy atom. The lowest BCUT2D eigenvalue weighted by Gasteiger charge is -2.53. The normalized spacial score (nSPS) is 30.6. The quantitative estimate of drug-likeness (QED) is 0.728. The van der Waals surface area contributed by atoms with E-state index in [1.807, 2.05) is 0 Å². The van der Waals surface area contributed by atoms with Crippen LogP contribution >= 0.6 is 0 Å². The predicted octanol–water partition coefficient (Wildman–Crippen LogP) is 3.34. The average molecular weight is 195 g/mol. The molecule has 0 amide bonds. The van der Waals surface area contributed by atoms with Gasteiger partial charge in [-0.05, 0) is 43.6 Å². The molecule has 0 saturated heterocycles. The number of nitrogens with one attached hydrogen (secondary N) is 1. The van der Waals surface area contributed by atoms with Gasteiger partial charge >= 0.3 is 0 Å². The van der Waals surface area contributed by atoms with Crippen LogP contribution in [-0.2, 0) is 0 Å². The maximum absolute atomic E-state index is 3.78. The lowest BCUT2D eigenvalue weighted by molar-refractivity contribution is 0.0218. The highest BCUT2D eigenvalue weighted by Crippen LogP contribution is 2.51. The fourth-order valence-electron chi connectivity index (χ4n) is 3.25. The molecule has 1 nitrogen and oxygen atoms in total. The molecular formula is C13H25N. The molecule has 2 aliphatic carbocycles. The summed E-state index contributed by atoms with van der Waals surface area (Å²) in [6.07, 6.45) is 10.4. The van der Waals surface area contributed by atoms with Crippen molar-refractivity contribution in [2.24, 2.45) is 11.3 Å². The summed E-state index contributed by atoms with van der Waals surface area (Å²) < 4.78 is 0. The van der Waals surface area contributed by atoms with Crippen LogP contribution in [0.1, 0.15) is 58.8 Å². The van der Waals surface area contributed by atoms with E-state index in [9.17, 15) is 0 Å². The van der Waals surface area contributed by atoms with Crippen LogP contribution in [-0.4, -0.2) is 12.6 Å². The van der Waals surface area contributed by atoms with Gasteiger partial charge in [-0.15, -0.1) is 0 Å². The van der Waals surface area contributed by atoms with Crippen molar-refractivity contribution < 1.29 is 0 Å². The number of rotatable bonds is 3. The molecule has 0 radical (unpaired) electrons. The maximum atomic E-state index is 3.78. The zero-order chi connectivity index (χ0) is 10.0. The monoisotopic (exact) mass is 195 g/mol. The molecule has 2 fully saturated rings. The van der Waals surface area contributed by atoms with Gasteiger partial charge in [-0.1, -0.05) is 33.1 Å². The third kappa shape index (κ3) is 1.98. The van der Waals surface area contributed by atoms with Crippen molar-refractivity contribution in [2.45, 2.75) is 64.8 Å². The first-order valence-electron chi connectivity index (χ1n) is 6.46. The van der Waals surface area contributed by atoms with Gasteiger partial charge in [-0.2, -0.15) is 0 Å². The van der Waals surface area contributed by atoms with Crippen LogP contribution < -0.4 is 5.32 Å². The van der Waals surface area contributed by atoms with Gasteiger partial charge in [0.1, 0.15) is 0 Å². The summed E-state index contributed by atoms with van der Waals surface area (Å²) >= 11 is 0. The molecule has 2 rings (SSSR count). The van der Waals surface area contributed by atoms with Crippen molar-refractivity contribution in [3.8, 4) is 0 Å². The van der Waals surface area contributed by atoms with Crippen molar-refractivity contribution in [2.75, 3.05) is 6.54 Å². The second kappa shape index (κ2) is 4.22. The topological polar surface area (TPSA) is 12.0 Å². The van der Waals surface area contributed by atoms with Crippen LogP contribution in [0, 0.1) is 11.3 Å². The smallest absolute Gasteiger partial charge is 0.0124 e. The highest BCUT2D eigenvalue weighted by atomic mass is 15.0. The first-order valence-corrected chi connectivity index (χ1v) is 6.46. The third-order valence-corrected chi connectivity index (χ3v) is 4.29. The Balaban J connectivity index is 1.81. The molecule has 14 heavy (non-hydrogen) atoms. The summed E-state index contributed by atoms with van der Waals surface area (Å²) in [6, 6.07) is 0.866. The summed E-state index contributed by atoms with van der Waals surface area (Å²) in [5, 5.41) is 3.78. The van der Waals surface area contributed by atoms with E-state index in [1.165, 1.54) is 51.5 Å². The standard InChI is InChI=1S/C13H25N/c1-11(2)10-14-12-6-9-13(12)7-4-3-5-8-13/h11-12,14H,3-10H2,1-2H3. The molecule has 82 valence electrons. The Morgan fingerprint density at radius 3 is 2.36 bits per heavy atom. The maximum Gasteiger partial charge on any atom is 0.0124 e. The van der Waals surface area contributed by atoms with Crippen molar-refractivity contribution >= 4 is 0 Å². The lowest BCUT2D eigenvalue weighted by Crippen LogP contribution is -2.54. The second-order valence-electron chi connectivity index (χ2n) is 5.82. The minimum Gasteiger partial charge on any atom is -0.313 e. The lowest BCUT2D eigenvalue weighted by atomic mass is 9.57. The Labute approximate surface area is 88.7 Å². The molecule has 0 aromatic rings. The van der Waals surface area contributed by atoms with Gasteiger partial charge in [0, 0.05) is 6.04 Å². The summed E-state index contributed by atoms with van der Waals surface area (Å²) in [4.78, 5) is 0. The molecule has 0 heterocycles. The zero-order valence-electron chi connectivity index (χ0n) is 9.81. The van der Waals surface area contributed by atoms with Crippen molar-refractivity contribution in [3.63, 3.8) is 0 Å². The second-order valence-corrected chi connectivity index (χ2v) is 5.82. The van der Waals surface area contributed by atoms with Gasteiger partial charge in [0.15, 0.2) is 0 Å². The predicted molar refractivity (Wildman–Crippen MR) is 61.4 cm³/mol. The van der Waals surface area contributed by atoms with Crippen molar-refractivity contribution in [1.29, 1.82) is 0 Å². The Bertz CT molecular complexity index is 180. The van der Waals surface area contributed by atoms with E-state index in [-0.39, 0.29) is 0 Å². The van der Waals surface area contributed by atoms with Gasteiger partial charge in [0.2, 0.25) is 0 Å². The van der Waals surface area contributed by atoms with Crippen molar-refractivity contribution in [1.82, 2.24) is 5.32 Å². The Morgan fingerprint density at radius 2 is 1.86 bits per heavy atom. The molecule has 2 aliphatic rings. The van der Waals surface area contributed by atoms with Crippen LogP contribution in [0.4, 0.5) is 0 Å². The molecule has 1 spiro atoms. The van der Waals surface area contributed by atoms with Gasteiger partial charge in [-0.3, -0.25) is 0 Å². The van der Waals surface area contributed by atoms with E-state index in [0.29, 0.717) is 0 Å². The summed E-state index contributed by atoms with van der Waals surface area (Å²) in [7, 11) is 0. The fourth-order valence-corrected chi connectivity index (χ4v) is 3.25. The first kappa shape index (κ1) is 10.5. The van der Waals surface area contributed by atoms with E-state index in [2.05, 4.69) is 19.2 Å². The fraction of sp³-hybridized carbons (Fsp3) is 1.00. The summed E-state index contributed by atoms with van der Waals surface area (Å²) in [5.41, 5.74) is 0.743. The first-order chi connectivity index (χ1) is 6.73. The third-order valence-electron chi connectivity index (χ3n) is 4.29. The zero-order valence-corrected chi connectivity index (χ0v) is 9.81. The molecule has 0 aliphatic heterocycles. The van der Waals surface area contributed by atoms with Gasteiger partial charge < -0.3 is 5.32 Å². The summed E-state index contributed by atoms with van der Waals surface area (Å²) in [6.45, 7) is 5.82. The molecule has 0 aromatic carbocycles. The van der Waals surface area contributed by atoms with Crippen LogP contribution in [0.5, 0.6) is 0 Å². The number of hydrogen-bond donors (Lipinski definition) is 1. The molecule has 2 saturated carbocycles. The molecule has 0 aromatic heterocycles. The molecular weight excluding hydrogens is 170 g/mol. The molecule has 1 atom stereocenters. The molecule has 1 heteroatoms. The Kier molecular flexibility index (Phi) is 3.16. The largest absolute Gasteiger partial charge is 0.313 e. The highest BCUT2D eigenvalue weighted by molar-refractivity contribution is 5.01. The SMILES string of the molecule is CC(C)CNC1CCC12CCCCC2. The highest BCUT2D eigenvalue weighted by Gasteiger charge is 2.46. The van der Waals surface area contributed by atoms with Gasteiger partial charge in [0.05, 0.1) is 0 Å². The van der Waals surface area contributed by atoms with Gasteiger partial charge in [-0.25, -0.2) is 0 Å². The minimum atomic E-state index is 0.743. The van der Waals surface area contributed by atoms with E-state index in [1.54, 1.807) is 0 Å². The van der Waals surface area contributed by atoms with Crippen molar-refractivity contribution in [3.05, 3.63) is 0 Å².